The van der Waals surface area contributed by atoms with Crippen molar-refractivity contribution >= 4 is 34.6 Å². The molecule has 3 rings (SSSR count). The zero-order valence-corrected chi connectivity index (χ0v) is 14.5. The number of aryl methyl sites for hydroxylation is 1. The van der Waals surface area contributed by atoms with Crippen molar-refractivity contribution in [3.8, 4) is 0 Å². The van der Waals surface area contributed by atoms with Crippen LogP contribution < -0.4 is 10.2 Å². The predicted octanol–water partition coefficient (Wildman–Crippen LogP) is 4.41. The number of nitro groups is 1. The molecule has 1 N–H and O–H groups in total. The van der Waals surface area contributed by atoms with Crippen molar-refractivity contribution in [3.63, 3.8) is 0 Å². The number of carbonyl (C=O) groups is 1. The summed E-state index contributed by atoms with van der Waals surface area (Å²) in [6.07, 6.45) is 2.04. The molecule has 2 aromatic rings. The fraction of sp³-hybridized carbons (Fsp3) is 0.278. The van der Waals surface area contributed by atoms with Crippen molar-refractivity contribution in [1.82, 2.24) is 0 Å². The van der Waals surface area contributed by atoms with Gasteiger partial charge in [-0.05, 0) is 49.6 Å². The Morgan fingerprint density at radius 3 is 2.56 bits per heavy atom. The fourth-order valence-electron chi connectivity index (χ4n) is 2.91. The molecule has 1 aliphatic heterocycles. The maximum absolute atomic E-state index is 12.4. The zero-order chi connectivity index (χ0) is 18.0. The maximum atomic E-state index is 12.4. The first-order valence-corrected chi connectivity index (χ1v) is 8.44. The quantitative estimate of drug-likeness (QED) is 0.648. The minimum absolute atomic E-state index is 0.0449. The second-order valence-corrected chi connectivity index (χ2v) is 6.48. The molecule has 0 saturated carbocycles. The molecule has 0 aliphatic carbocycles. The molecule has 1 aliphatic rings. The lowest BCUT2D eigenvalue weighted by atomic mass is 10.1. The largest absolute Gasteiger partial charge is 0.366 e. The van der Waals surface area contributed by atoms with Crippen molar-refractivity contribution in [3.05, 3.63) is 62.7 Å². The van der Waals surface area contributed by atoms with Crippen LogP contribution in [0.3, 0.4) is 0 Å². The lowest BCUT2D eigenvalue weighted by Crippen LogP contribution is -2.19. The molecule has 0 aromatic heterocycles. The van der Waals surface area contributed by atoms with Gasteiger partial charge in [-0.2, -0.15) is 0 Å². The summed E-state index contributed by atoms with van der Waals surface area (Å²) >= 11 is 6.06. The first-order chi connectivity index (χ1) is 12.0. The smallest absolute Gasteiger partial charge is 0.293 e. The zero-order valence-electron chi connectivity index (χ0n) is 13.8. The van der Waals surface area contributed by atoms with Gasteiger partial charge in [-0.1, -0.05) is 17.7 Å². The lowest BCUT2D eigenvalue weighted by molar-refractivity contribution is -0.384. The van der Waals surface area contributed by atoms with Crippen LogP contribution in [0.25, 0.3) is 0 Å². The SMILES string of the molecule is Cc1ccc(NC(=O)c2ccc(N3CCCC3)c([N+](=O)[O-])c2)cc1Cl. The van der Waals surface area contributed by atoms with Crippen LogP contribution in [0.15, 0.2) is 36.4 Å². The van der Waals surface area contributed by atoms with Crippen LogP contribution in [0.5, 0.6) is 0 Å². The summed E-state index contributed by atoms with van der Waals surface area (Å²) < 4.78 is 0. The third kappa shape index (κ3) is 3.74. The Bertz CT molecular complexity index is 832. The fourth-order valence-corrected chi connectivity index (χ4v) is 3.09. The number of rotatable bonds is 4. The second kappa shape index (κ2) is 7.11. The first-order valence-electron chi connectivity index (χ1n) is 8.06. The van der Waals surface area contributed by atoms with E-state index in [1.54, 1.807) is 30.3 Å². The molecule has 1 heterocycles. The Labute approximate surface area is 150 Å². The second-order valence-electron chi connectivity index (χ2n) is 6.07. The molecule has 1 fully saturated rings. The minimum Gasteiger partial charge on any atom is -0.366 e. The molecule has 25 heavy (non-hydrogen) atoms. The molecule has 0 spiro atoms. The molecule has 1 amide bonds. The van der Waals surface area contributed by atoms with E-state index in [1.165, 1.54) is 6.07 Å². The van der Waals surface area contributed by atoms with Crippen LogP contribution in [0.1, 0.15) is 28.8 Å². The molecule has 2 aromatic carbocycles. The molecule has 0 atom stereocenters. The van der Waals surface area contributed by atoms with Gasteiger partial charge in [0.2, 0.25) is 0 Å². The monoisotopic (exact) mass is 359 g/mol. The van der Waals surface area contributed by atoms with Gasteiger partial charge in [0.15, 0.2) is 0 Å². The third-order valence-electron chi connectivity index (χ3n) is 4.31. The van der Waals surface area contributed by atoms with Crippen molar-refractivity contribution < 1.29 is 9.72 Å². The molecule has 6 nitrogen and oxygen atoms in total. The van der Waals surface area contributed by atoms with Gasteiger partial charge in [0.1, 0.15) is 5.69 Å². The number of hydrogen-bond donors (Lipinski definition) is 1. The number of nitrogens with zero attached hydrogens (tertiary/aromatic N) is 2. The maximum Gasteiger partial charge on any atom is 0.293 e. The van der Waals surface area contributed by atoms with E-state index in [4.69, 9.17) is 11.6 Å². The van der Waals surface area contributed by atoms with Crippen LogP contribution in [0.2, 0.25) is 5.02 Å². The van der Waals surface area contributed by atoms with E-state index in [-0.39, 0.29) is 11.3 Å². The summed E-state index contributed by atoms with van der Waals surface area (Å²) in [5.41, 5.74) is 2.22. The Balaban J connectivity index is 1.86. The van der Waals surface area contributed by atoms with Crippen molar-refractivity contribution in [2.24, 2.45) is 0 Å². The van der Waals surface area contributed by atoms with Crippen LogP contribution in [-0.4, -0.2) is 23.9 Å². The Hall–Kier alpha value is -2.60. The van der Waals surface area contributed by atoms with Gasteiger partial charge in [0, 0.05) is 35.4 Å². The summed E-state index contributed by atoms with van der Waals surface area (Å²) in [5.74, 6) is -0.406. The van der Waals surface area contributed by atoms with E-state index in [1.807, 2.05) is 11.8 Å². The highest BCUT2D eigenvalue weighted by molar-refractivity contribution is 6.31. The number of carbonyl (C=O) groups excluding carboxylic acids is 1. The molecule has 7 heteroatoms. The summed E-state index contributed by atoms with van der Waals surface area (Å²) in [6.45, 7) is 3.47. The molecule has 130 valence electrons. The van der Waals surface area contributed by atoms with E-state index in [2.05, 4.69) is 5.32 Å². The molecular weight excluding hydrogens is 342 g/mol. The number of nitro benzene ring substituents is 1. The van der Waals surface area contributed by atoms with Crippen LogP contribution in [0, 0.1) is 17.0 Å². The van der Waals surface area contributed by atoms with E-state index in [0.717, 1.165) is 31.5 Å². The number of benzene rings is 2. The van der Waals surface area contributed by atoms with E-state index < -0.39 is 10.8 Å². The van der Waals surface area contributed by atoms with Crippen molar-refractivity contribution in [1.29, 1.82) is 0 Å². The minimum atomic E-state index is -0.437. The molecule has 1 saturated heterocycles. The highest BCUT2D eigenvalue weighted by Crippen LogP contribution is 2.32. The van der Waals surface area contributed by atoms with Gasteiger partial charge in [-0.3, -0.25) is 14.9 Å². The van der Waals surface area contributed by atoms with Crippen molar-refractivity contribution in [2.75, 3.05) is 23.3 Å². The van der Waals surface area contributed by atoms with Gasteiger partial charge >= 0.3 is 0 Å². The van der Waals surface area contributed by atoms with E-state index in [9.17, 15) is 14.9 Å². The normalized spacial score (nSPS) is 13.8. The predicted molar refractivity (Wildman–Crippen MR) is 98.7 cm³/mol. The summed E-state index contributed by atoms with van der Waals surface area (Å²) in [4.78, 5) is 25.4. The highest BCUT2D eigenvalue weighted by Gasteiger charge is 2.23. The Kier molecular flexibility index (Phi) is 4.90. The average molecular weight is 360 g/mol. The highest BCUT2D eigenvalue weighted by atomic mass is 35.5. The van der Waals surface area contributed by atoms with Crippen LogP contribution in [-0.2, 0) is 0 Å². The van der Waals surface area contributed by atoms with Crippen LogP contribution >= 0.6 is 11.6 Å². The summed E-state index contributed by atoms with van der Waals surface area (Å²) in [6, 6.07) is 9.80. The third-order valence-corrected chi connectivity index (χ3v) is 4.72. The molecule has 0 unspecified atom stereocenters. The van der Waals surface area contributed by atoms with Crippen LogP contribution in [0.4, 0.5) is 17.1 Å². The molecular formula is C18H18ClN3O3. The topological polar surface area (TPSA) is 75.5 Å². The Morgan fingerprint density at radius 2 is 1.92 bits per heavy atom. The van der Waals surface area contributed by atoms with Gasteiger partial charge < -0.3 is 10.2 Å². The number of hydrogen-bond acceptors (Lipinski definition) is 4. The van der Waals surface area contributed by atoms with E-state index in [0.29, 0.717) is 16.4 Å². The van der Waals surface area contributed by atoms with Gasteiger partial charge in [0.05, 0.1) is 4.92 Å². The average Bonchev–Trinajstić information content (AvgIpc) is 3.12. The van der Waals surface area contributed by atoms with Crippen molar-refractivity contribution in [2.45, 2.75) is 19.8 Å². The lowest BCUT2D eigenvalue weighted by Gasteiger charge is -2.17. The molecule has 0 bridgehead atoms. The summed E-state index contributed by atoms with van der Waals surface area (Å²) in [7, 11) is 0. The van der Waals surface area contributed by atoms with Gasteiger partial charge in [0.25, 0.3) is 11.6 Å². The number of anilines is 2. The first kappa shape index (κ1) is 17.2. The van der Waals surface area contributed by atoms with Gasteiger partial charge in [-0.15, -0.1) is 0 Å². The number of nitrogens with one attached hydrogen (secondary N) is 1. The molecule has 0 radical (unpaired) electrons. The Morgan fingerprint density at radius 1 is 1.20 bits per heavy atom. The van der Waals surface area contributed by atoms with E-state index >= 15 is 0 Å². The standard InChI is InChI=1S/C18H18ClN3O3/c1-12-4-6-14(11-15(12)19)20-18(23)13-5-7-16(17(10-13)22(24)25)21-8-2-3-9-21/h4-7,10-11H,2-3,8-9H2,1H3,(H,20,23). The van der Waals surface area contributed by atoms with Gasteiger partial charge in [-0.25, -0.2) is 0 Å². The number of amides is 1. The summed E-state index contributed by atoms with van der Waals surface area (Å²) in [5, 5.41) is 14.7. The number of halogens is 1.